The van der Waals surface area contributed by atoms with Crippen LogP contribution < -0.4 is 10.6 Å². The van der Waals surface area contributed by atoms with E-state index in [1.54, 1.807) is 7.05 Å². The molecule has 1 atom stereocenters. The minimum absolute atomic E-state index is 0.102. The molecule has 0 saturated carbocycles. The Hall–Kier alpha value is -2.37. The van der Waals surface area contributed by atoms with E-state index in [9.17, 15) is 0 Å². The fourth-order valence-corrected chi connectivity index (χ4v) is 1.76. The Kier molecular flexibility index (Phi) is 4.70. The van der Waals surface area contributed by atoms with Crippen molar-refractivity contribution in [3.05, 3.63) is 36.2 Å². The third-order valence-corrected chi connectivity index (χ3v) is 2.93. The molecule has 0 aliphatic rings. The molecule has 0 fully saturated rings. The largest absolute Gasteiger partial charge is 0.359 e. The maximum absolute atomic E-state index is 5.32. The molecule has 0 spiro atoms. The molecule has 1 aromatic carbocycles. The van der Waals surface area contributed by atoms with Crippen LogP contribution in [0, 0.1) is 0 Å². The Labute approximate surface area is 118 Å². The molecule has 2 aromatic rings. The van der Waals surface area contributed by atoms with Gasteiger partial charge >= 0.3 is 0 Å². The van der Waals surface area contributed by atoms with Gasteiger partial charge < -0.3 is 15.2 Å². The van der Waals surface area contributed by atoms with Gasteiger partial charge in [-0.25, -0.2) is 0 Å². The second-order valence-electron chi connectivity index (χ2n) is 4.43. The summed E-state index contributed by atoms with van der Waals surface area (Å²) in [6, 6.07) is 9.78. The highest BCUT2D eigenvalue weighted by Crippen LogP contribution is 2.18. The number of nitrogens with one attached hydrogen (secondary N) is 2. The summed E-state index contributed by atoms with van der Waals surface area (Å²) in [5.41, 5.74) is 0.952. The lowest BCUT2D eigenvalue weighted by molar-refractivity contribution is 0.358. The van der Waals surface area contributed by atoms with Crippen LogP contribution >= 0.6 is 0 Å². The summed E-state index contributed by atoms with van der Waals surface area (Å²) in [5, 5.41) is 10.2. The third kappa shape index (κ3) is 3.34. The quantitative estimate of drug-likeness (QED) is 0.654. The second-order valence-corrected chi connectivity index (χ2v) is 4.43. The first-order chi connectivity index (χ1) is 9.74. The average Bonchev–Trinajstić information content (AvgIpc) is 2.99. The van der Waals surface area contributed by atoms with Crippen LogP contribution in [0.2, 0.25) is 0 Å². The summed E-state index contributed by atoms with van der Waals surface area (Å²) in [6.07, 6.45) is 0. The first-order valence-electron chi connectivity index (χ1n) is 6.52. The first-order valence-corrected chi connectivity index (χ1v) is 6.52. The fourth-order valence-electron chi connectivity index (χ4n) is 1.76. The summed E-state index contributed by atoms with van der Waals surface area (Å²) in [7, 11) is 3.55. The normalized spacial score (nSPS) is 13.1. The van der Waals surface area contributed by atoms with E-state index in [0.29, 0.717) is 18.3 Å². The van der Waals surface area contributed by atoms with Gasteiger partial charge in [0.25, 0.3) is 0 Å². The van der Waals surface area contributed by atoms with Crippen molar-refractivity contribution in [1.29, 1.82) is 0 Å². The standard InChI is InChI=1S/C14H19N5O/c1-10(9-17-14(15-2)16-3)13-18-12(19-20-13)11-7-5-4-6-8-11/h4-8,10H,9H2,1-3H3,(H2,15,16,17)/t10-/m1/s1. The smallest absolute Gasteiger partial charge is 0.231 e. The van der Waals surface area contributed by atoms with Crippen molar-refractivity contribution in [2.24, 2.45) is 4.99 Å². The van der Waals surface area contributed by atoms with Crippen molar-refractivity contribution < 1.29 is 4.52 Å². The highest BCUT2D eigenvalue weighted by molar-refractivity contribution is 5.79. The van der Waals surface area contributed by atoms with Gasteiger partial charge in [0.05, 0.1) is 5.92 Å². The van der Waals surface area contributed by atoms with Crippen LogP contribution in [0.25, 0.3) is 11.4 Å². The van der Waals surface area contributed by atoms with Gasteiger partial charge in [0.1, 0.15) is 0 Å². The van der Waals surface area contributed by atoms with Crippen LogP contribution in [0.1, 0.15) is 18.7 Å². The fraction of sp³-hybridized carbons (Fsp3) is 0.357. The summed E-state index contributed by atoms with van der Waals surface area (Å²) >= 11 is 0. The van der Waals surface area contributed by atoms with Gasteiger partial charge in [-0.1, -0.05) is 42.4 Å². The molecule has 0 saturated heterocycles. The van der Waals surface area contributed by atoms with E-state index in [4.69, 9.17) is 4.52 Å². The SMILES string of the molecule is CN=C(NC)NC[C@@H](C)c1nc(-c2ccccc2)no1. The van der Waals surface area contributed by atoms with Crippen molar-refractivity contribution in [2.45, 2.75) is 12.8 Å². The zero-order chi connectivity index (χ0) is 14.4. The molecule has 106 valence electrons. The number of aromatic nitrogens is 2. The van der Waals surface area contributed by atoms with Crippen LogP contribution in [0.3, 0.4) is 0 Å². The Balaban J connectivity index is 2.02. The van der Waals surface area contributed by atoms with E-state index >= 15 is 0 Å². The summed E-state index contributed by atoms with van der Waals surface area (Å²) < 4.78 is 5.32. The maximum Gasteiger partial charge on any atom is 0.231 e. The highest BCUT2D eigenvalue weighted by Gasteiger charge is 2.15. The predicted molar refractivity (Wildman–Crippen MR) is 78.6 cm³/mol. The van der Waals surface area contributed by atoms with Crippen molar-refractivity contribution in [3.63, 3.8) is 0 Å². The number of hydrogen-bond acceptors (Lipinski definition) is 4. The molecule has 1 aromatic heterocycles. The van der Waals surface area contributed by atoms with Crippen LogP contribution in [-0.4, -0.2) is 36.7 Å². The van der Waals surface area contributed by atoms with Crippen molar-refractivity contribution in [2.75, 3.05) is 20.6 Å². The van der Waals surface area contributed by atoms with Crippen molar-refractivity contribution in [1.82, 2.24) is 20.8 Å². The lowest BCUT2D eigenvalue weighted by atomic mass is 10.2. The van der Waals surface area contributed by atoms with Gasteiger partial charge in [-0.2, -0.15) is 4.98 Å². The average molecular weight is 273 g/mol. The molecular formula is C14H19N5O. The molecule has 0 aliphatic carbocycles. The van der Waals surface area contributed by atoms with E-state index in [1.807, 2.05) is 44.3 Å². The number of hydrogen-bond donors (Lipinski definition) is 2. The molecule has 0 aliphatic heterocycles. The number of rotatable bonds is 4. The Morgan fingerprint density at radius 2 is 2.10 bits per heavy atom. The van der Waals surface area contributed by atoms with Crippen LogP contribution in [0.5, 0.6) is 0 Å². The molecule has 0 radical (unpaired) electrons. The Bertz CT molecular complexity index is 564. The van der Waals surface area contributed by atoms with Gasteiger partial charge in [-0.05, 0) is 0 Å². The molecular weight excluding hydrogens is 254 g/mol. The number of aliphatic imine (C=N–C) groups is 1. The van der Waals surface area contributed by atoms with Gasteiger partial charge in [-0.15, -0.1) is 0 Å². The maximum atomic E-state index is 5.32. The van der Waals surface area contributed by atoms with Crippen molar-refractivity contribution in [3.8, 4) is 11.4 Å². The third-order valence-electron chi connectivity index (χ3n) is 2.93. The molecule has 0 amide bonds. The van der Waals surface area contributed by atoms with Gasteiger partial charge in [-0.3, -0.25) is 4.99 Å². The van der Waals surface area contributed by atoms with Crippen LogP contribution in [-0.2, 0) is 0 Å². The van der Waals surface area contributed by atoms with E-state index in [2.05, 4.69) is 25.8 Å². The van der Waals surface area contributed by atoms with Gasteiger partial charge in [0.2, 0.25) is 11.7 Å². The summed E-state index contributed by atoms with van der Waals surface area (Å²) in [6.45, 7) is 2.70. The van der Waals surface area contributed by atoms with Crippen molar-refractivity contribution >= 4 is 5.96 Å². The zero-order valence-electron chi connectivity index (χ0n) is 11.9. The lowest BCUT2D eigenvalue weighted by Gasteiger charge is -2.10. The van der Waals surface area contributed by atoms with E-state index in [1.165, 1.54) is 0 Å². The van der Waals surface area contributed by atoms with E-state index in [-0.39, 0.29) is 5.92 Å². The summed E-state index contributed by atoms with van der Waals surface area (Å²) in [4.78, 5) is 8.48. The van der Waals surface area contributed by atoms with Gasteiger partial charge in [0, 0.05) is 26.2 Å². The topological polar surface area (TPSA) is 75.3 Å². The van der Waals surface area contributed by atoms with Crippen LogP contribution in [0.15, 0.2) is 39.8 Å². The lowest BCUT2D eigenvalue weighted by Crippen LogP contribution is -2.36. The zero-order valence-corrected chi connectivity index (χ0v) is 11.9. The minimum atomic E-state index is 0.102. The summed E-state index contributed by atoms with van der Waals surface area (Å²) in [5.74, 6) is 2.07. The molecule has 2 rings (SSSR count). The Morgan fingerprint density at radius 3 is 2.75 bits per heavy atom. The molecule has 1 heterocycles. The molecule has 6 nitrogen and oxygen atoms in total. The monoisotopic (exact) mass is 273 g/mol. The molecule has 6 heteroatoms. The number of benzene rings is 1. The van der Waals surface area contributed by atoms with E-state index in [0.717, 1.165) is 11.5 Å². The predicted octanol–water partition coefficient (Wildman–Crippen LogP) is 1.63. The minimum Gasteiger partial charge on any atom is -0.359 e. The Morgan fingerprint density at radius 1 is 1.35 bits per heavy atom. The van der Waals surface area contributed by atoms with E-state index < -0.39 is 0 Å². The second kappa shape index (κ2) is 6.70. The molecule has 20 heavy (non-hydrogen) atoms. The molecule has 0 unspecified atom stereocenters. The van der Waals surface area contributed by atoms with Gasteiger partial charge in [0.15, 0.2) is 5.96 Å². The highest BCUT2D eigenvalue weighted by atomic mass is 16.5. The first kappa shape index (κ1) is 14.0. The molecule has 2 N–H and O–H groups in total. The van der Waals surface area contributed by atoms with Crippen LogP contribution in [0.4, 0.5) is 0 Å². The number of guanidine groups is 1. The number of nitrogens with zero attached hydrogens (tertiary/aromatic N) is 3. The molecule has 0 bridgehead atoms.